The van der Waals surface area contributed by atoms with E-state index in [-0.39, 0.29) is 52.5 Å². The van der Waals surface area contributed by atoms with Crippen molar-refractivity contribution in [3.8, 4) is 0 Å². The first-order chi connectivity index (χ1) is 15.6. The minimum absolute atomic E-state index is 0.0480. The molecule has 5 aliphatic carbocycles. The van der Waals surface area contributed by atoms with Gasteiger partial charge in [0, 0.05) is 17.3 Å². The van der Waals surface area contributed by atoms with Crippen molar-refractivity contribution in [2.75, 3.05) is 6.61 Å². The molecule has 5 aliphatic rings. The molecule has 34 heavy (non-hydrogen) atoms. The van der Waals surface area contributed by atoms with E-state index in [0.717, 1.165) is 32.1 Å². The Labute approximate surface area is 206 Å². The van der Waals surface area contributed by atoms with Gasteiger partial charge in [0.1, 0.15) is 5.78 Å². The summed E-state index contributed by atoms with van der Waals surface area (Å²) in [6, 6.07) is 0. The van der Waals surface area contributed by atoms with E-state index in [4.69, 9.17) is 0 Å². The summed E-state index contributed by atoms with van der Waals surface area (Å²) >= 11 is 0. The van der Waals surface area contributed by atoms with Gasteiger partial charge >= 0.3 is 0 Å². The first kappa shape index (κ1) is 25.0. The fourth-order valence-electron chi connectivity index (χ4n) is 10.5. The third kappa shape index (κ3) is 2.80. The highest BCUT2D eigenvalue weighted by molar-refractivity contribution is 5.86. The molecule has 9 atom stereocenters. The summed E-state index contributed by atoms with van der Waals surface area (Å²) in [6.45, 7) is 15.9. The number of fused-ring (bicyclic) bond motifs is 7. The van der Waals surface area contributed by atoms with E-state index in [1.165, 1.54) is 5.57 Å². The van der Waals surface area contributed by atoms with Crippen molar-refractivity contribution in [3.63, 3.8) is 0 Å². The molecule has 0 spiro atoms. The first-order valence-electron chi connectivity index (χ1n) is 13.8. The summed E-state index contributed by atoms with van der Waals surface area (Å²) in [6.07, 6.45) is 8.40. The molecule has 0 unspecified atom stereocenters. The van der Waals surface area contributed by atoms with Gasteiger partial charge in [-0.3, -0.25) is 4.79 Å². The molecule has 0 aromatic carbocycles. The molecule has 192 valence electrons. The molecule has 0 aromatic heterocycles. The van der Waals surface area contributed by atoms with E-state index in [2.05, 4.69) is 40.7 Å². The quantitative estimate of drug-likeness (QED) is 0.453. The van der Waals surface area contributed by atoms with Crippen molar-refractivity contribution in [1.82, 2.24) is 0 Å². The molecule has 0 bridgehead atoms. The Morgan fingerprint density at radius 3 is 2.24 bits per heavy atom. The van der Waals surface area contributed by atoms with Crippen LogP contribution < -0.4 is 0 Å². The number of carbonyl (C=O) groups is 1. The monoisotopic (exact) mass is 472 g/mol. The molecular weight excluding hydrogens is 424 g/mol. The minimum Gasteiger partial charge on any atom is -0.396 e. The maximum atomic E-state index is 13.0. The predicted molar refractivity (Wildman–Crippen MR) is 134 cm³/mol. The molecule has 5 rings (SSSR count). The van der Waals surface area contributed by atoms with Crippen LogP contribution in [0.4, 0.5) is 0 Å². The van der Waals surface area contributed by atoms with Crippen LogP contribution in [0.5, 0.6) is 0 Å². The summed E-state index contributed by atoms with van der Waals surface area (Å²) in [7, 11) is 0. The topological polar surface area (TPSA) is 77.8 Å². The third-order valence-electron chi connectivity index (χ3n) is 13.1. The molecule has 0 aliphatic heterocycles. The van der Waals surface area contributed by atoms with Crippen LogP contribution in [0.15, 0.2) is 11.6 Å². The van der Waals surface area contributed by atoms with Gasteiger partial charge in [-0.25, -0.2) is 0 Å². The zero-order valence-electron chi connectivity index (χ0n) is 22.6. The van der Waals surface area contributed by atoms with Crippen LogP contribution in [-0.4, -0.2) is 39.9 Å². The lowest BCUT2D eigenvalue weighted by Gasteiger charge is -2.71. The average molecular weight is 473 g/mol. The van der Waals surface area contributed by atoms with Crippen molar-refractivity contribution < 1.29 is 20.1 Å². The standard InChI is InChI=1S/C30H48O4/c1-25(2)14-19-18-8-9-21-27(5)12-11-22(32)26(3,4)20(27)10-13-28(21,6)29(18,7)15-24(34)30(19,17-31)16-23(25)33/h8,19-22,24,31-32,34H,9-17H2,1-7H3/t19-,20-,21+,22-,24+,27-,28+,29+,30+/m0/s1. The van der Waals surface area contributed by atoms with Gasteiger partial charge in [-0.15, -0.1) is 0 Å². The van der Waals surface area contributed by atoms with Gasteiger partial charge in [0.05, 0.1) is 18.8 Å². The maximum Gasteiger partial charge on any atom is 0.139 e. The molecule has 3 N–H and O–H groups in total. The Hall–Kier alpha value is -0.710. The van der Waals surface area contributed by atoms with E-state index in [0.29, 0.717) is 24.7 Å². The van der Waals surface area contributed by atoms with Crippen LogP contribution in [0.25, 0.3) is 0 Å². The molecule has 0 radical (unpaired) electrons. The first-order valence-corrected chi connectivity index (χ1v) is 13.8. The molecule has 4 fully saturated rings. The number of hydrogen-bond acceptors (Lipinski definition) is 4. The summed E-state index contributed by atoms with van der Waals surface area (Å²) < 4.78 is 0. The number of allylic oxidation sites excluding steroid dienone is 2. The van der Waals surface area contributed by atoms with Crippen LogP contribution in [0.3, 0.4) is 0 Å². The molecule has 0 heterocycles. The summed E-state index contributed by atoms with van der Waals surface area (Å²) in [5.41, 5.74) is 0.248. The normalized spacial score (nSPS) is 53.6. The summed E-state index contributed by atoms with van der Waals surface area (Å²) in [5.74, 6) is 1.23. The third-order valence-corrected chi connectivity index (χ3v) is 13.1. The minimum atomic E-state index is -0.737. The molecular formula is C30H48O4. The fraction of sp³-hybridized carbons (Fsp3) is 0.900. The lowest BCUT2D eigenvalue weighted by Crippen LogP contribution is -2.67. The van der Waals surface area contributed by atoms with Crippen molar-refractivity contribution >= 4 is 5.78 Å². The fourth-order valence-corrected chi connectivity index (χ4v) is 10.5. The SMILES string of the molecule is CC1(C)C[C@H]2C3=CC[C@@H]4[C@@]5(C)CC[C@H](O)C(C)(C)[C@@H]5CC[C@@]4(C)[C@]3(C)C[C@@H](O)[C@@]2(CO)CC1=O. The highest BCUT2D eigenvalue weighted by Gasteiger charge is 2.70. The Bertz CT molecular complexity index is 919. The maximum absolute atomic E-state index is 13.0. The van der Waals surface area contributed by atoms with Gasteiger partial charge in [-0.1, -0.05) is 60.1 Å². The smallest absolute Gasteiger partial charge is 0.139 e. The molecule has 0 amide bonds. The largest absolute Gasteiger partial charge is 0.396 e. The second-order valence-corrected chi connectivity index (χ2v) is 15.0. The van der Waals surface area contributed by atoms with E-state index < -0.39 is 16.9 Å². The van der Waals surface area contributed by atoms with E-state index in [9.17, 15) is 20.1 Å². The number of hydrogen-bond donors (Lipinski definition) is 3. The van der Waals surface area contributed by atoms with Gasteiger partial charge in [0.15, 0.2) is 0 Å². The predicted octanol–water partition coefficient (Wildman–Crippen LogP) is 5.29. The van der Waals surface area contributed by atoms with Crippen LogP contribution in [0.2, 0.25) is 0 Å². The van der Waals surface area contributed by atoms with Gasteiger partial charge in [-0.05, 0) is 84.4 Å². The van der Waals surface area contributed by atoms with E-state index >= 15 is 0 Å². The summed E-state index contributed by atoms with van der Waals surface area (Å²) in [4.78, 5) is 13.0. The van der Waals surface area contributed by atoms with Crippen LogP contribution in [-0.2, 0) is 4.79 Å². The zero-order chi connectivity index (χ0) is 25.1. The Morgan fingerprint density at radius 1 is 0.912 bits per heavy atom. The lowest BCUT2D eigenvalue weighted by molar-refractivity contribution is -0.217. The second kappa shape index (κ2) is 7.19. The molecule has 4 heteroatoms. The van der Waals surface area contributed by atoms with Gasteiger partial charge in [-0.2, -0.15) is 0 Å². The summed E-state index contributed by atoms with van der Waals surface area (Å²) in [5, 5.41) is 33.2. The van der Waals surface area contributed by atoms with E-state index in [1.807, 2.05) is 13.8 Å². The highest BCUT2D eigenvalue weighted by Crippen LogP contribution is 2.75. The molecule has 4 nitrogen and oxygen atoms in total. The van der Waals surface area contributed by atoms with Gasteiger partial charge in [0.25, 0.3) is 0 Å². The number of aliphatic hydroxyl groups is 3. The van der Waals surface area contributed by atoms with Gasteiger partial charge in [0.2, 0.25) is 0 Å². The van der Waals surface area contributed by atoms with Crippen LogP contribution in [0.1, 0.15) is 99.8 Å². The Morgan fingerprint density at radius 2 is 1.59 bits per heavy atom. The second-order valence-electron chi connectivity index (χ2n) is 15.0. The number of ketones is 1. The van der Waals surface area contributed by atoms with E-state index in [1.54, 1.807) is 0 Å². The van der Waals surface area contributed by atoms with Crippen molar-refractivity contribution in [1.29, 1.82) is 0 Å². The Balaban J connectivity index is 1.62. The number of rotatable bonds is 1. The van der Waals surface area contributed by atoms with Crippen LogP contribution in [0, 0.1) is 50.2 Å². The average Bonchev–Trinajstić information content (AvgIpc) is 2.73. The Kier molecular flexibility index (Phi) is 5.28. The van der Waals surface area contributed by atoms with Crippen molar-refractivity contribution in [2.45, 2.75) is 112 Å². The highest BCUT2D eigenvalue weighted by atomic mass is 16.3. The zero-order valence-corrected chi connectivity index (χ0v) is 22.6. The number of carbonyl (C=O) groups excluding carboxylic acids is 1. The van der Waals surface area contributed by atoms with Gasteiger partial charge < -0.3 is 15.3 Å². The van der Waals surface area contributed by atoms with Crippen LogP contribution >= 0.6 is 0 Å². The number of Topliss-reactive ketones (excluding diaryl/α,β-unsaturated/α-hetero) is 1. The molecule has 0 aromatic rings. The molecule has 4 saturated carbocycles. The lowest BCUT2D eigenvalue weighted by atomic mass is 9.33. The molecule has 0 saturated heterocycles. The number of aliphatic hydroxyl groups excluding tert-OH is 3. The van der Waals surface area contributed by atoms with Crippen molar-refractivity contribution in [2.24, 2.45) is 50.2 Å². The van der Waals surface area contributed by atoms with Crippen molar-refractivity contribution in [3.05, 3.63) is 11.6 Å².